The van der Waals surface area contributed by atoms with E-state index in [4.69, 9.17) is 4.74 Å². The molecule has 1 amide bonds. The van der Waals surface area contributed by atoms with E-state index in [9.17, 15) is 9.59 Å². The van der Waals surface area contributed by atoms with Crippen LogP contribution in [0.25, 0.3) is 0 Å². The number of thiophene rings is 1. The lowest BCUT2D eigenvalue weighted by Crippen LogP contribution is -2.19. The van der Waals surface area contributed by atoms with Crippen molar-refractivity contribution in [3.05, 3.63) is 51.9 Å². The molecule has 2 aliphatic carbocycles. The summed E-state index contributed by atoms with van der Waals surface area (Å²) in [6, 6.07) is 10.5. The molecule has 2 aromatic rings. The van der Waals surface area contributed by atoms with E-state index in [1.165, 1.54) is 17.6 Å². The van der Waals surface area contributed by atoms with Crippen LogP contribution in [0.5, 0.6) is 0 Å². The molecule has 4 nitrogen and oxygen atoms in total. The van der Waals surface area contributed by atoms with E-state index in [0.717, 1.165) is 24.8 Å². The third-order valence-corrected chi connectivity index (χ3v) is 8.62. The maximum Gasteiger partial charge on any atom is 0.341 e. The molecule has 4 rings (SSSR count). The first kappa shape index (κ1) is 20.1. The lowest BCUT2D eigenvalue weighted by molar-refractivity contribution is -0.118. The van der Waals surface area contributed by atoms with E-state index < -0.39 is 0 Å². The molecule has 2 aliphatic rings. The minimum absolute atomic E-state index is 0.00311. The Balaban J connectivity index is 1.63. The predicted molar refractivity (Wildman–Crippen MR) is 117 cm³/mol. The van der Waals surface area contributed by atoms with Gasteiger partial charge in [0.25, 0.3) is 0 Å². The van der Waals surface area contributed by atoms with Crippen LogP contribution in [0.1, 0.15) is 66.4 Å². The Hall–Kier alpha value is -2.14. The Bertz CT molecular complexity index is 944. The molecule has 1 fully saturated rings. The second kappa shape index (κ2) is 6.98. The van der Waals surface area contributed by atoms with Gasteiger partial charge in [0.1, 0.15) is 5.00 Å². The van der Waals surface area contributed by atoms with Gasteiger partial charge in [-0.25, -0.2) is 4.79 Å². The Morgan fingerprint density at radius 2 is 1.76 bits per heavy atom. The monoisotopic (exact) mass is 411 g/mol. The molecule has 0 aliphatic heterocycles. The van der Waals surface area contributed by atoms with Crippen LogP contribution in [0.2, 0.25) is 0 Å². The van der Waals surface area contributed by atoms with Gasteiger partial charge in [-0.3, -0.25) is 4.79 Å². The first-order chi connectivity index (χ1) is 13.7. The Morgan fingerprint density at radius 3 is 2.34 bits per heavy atom. The maximum atomic E-state index is 13.0. The van der Waals surface area contributed by atoms with Crippen molar-refractivity contribution in [3.8, 4) is 0 Å². The van der Waals surface area contributed by atoms with Crippen molar-refractivity contribution in [2.75, 3.05) is 12.4 Å². The minimum Gasteiger partial charge on any atom is -0.465 e. The fraction of sp³-hybridized carbons (Fsp3) is 0.500. The molecule has 1 unspecified atom stereocenters. The number of nitrogens with one attached hydrogen (secondary N) is 1. The highest BCUT2D eigenvalue weighted by Crippen LogP contribution is 2.68. The number of ether oxygens (including phenoxy) is 1. The number of hydrogen-bond acceptors (Lipinski definition) is 4. The minimum atomic E-state index is -0.356. The van der Waals surface area contributed by atoms with Gasteiger partial charge in [0.05, 0.1) is 12.7 Å². The summed E-state index contributed by atoms with van der Waals surface area (Å²) in [7, 11) is 1.40. The van der Waals surface area contributed by atoms with Crippen LogP contribution in [0.3, 0.4) is 0 Å². The molecule has 1 aromatic heterocycles. The van der Waals surface area contributed by atoms with E-state index in [2.05, 4.69) is 57.3 Å². The summed E-state index contributed by atoms with van der Waals surface area (Å²) in [4.78, 5) is 26.8. The molecule has 0 spiro atoms. The molecule has 1 N–H and O–H groups in total. The summed E-state index contributed by atoms with van der Waals surface area (Å²) < 4.78 is 5.07. The van der Waals surface area contributed by atoms with Gasteiger partial charge in [0, 0.05) is 10.8 Å². The van der Waals surface area contributed by atoms with Crippen molar-refractivity contribution in [1.82, 2.24) is 0 Å². The summed E-state index contributed by atoms with van der Waals surface area (Å²) in [5, 5.41) is 3.74. The van der Waals surface area contributed by atoms with Gasteiger partial charge >= 0.3 is 5.97 Å². The zero-order chi connectivity index (χ0) is 21.0. The van der Waals surface area contributed by atoms with E-state index in [0.29, 0.717) is 16.5 Å². The second-order valence-electron chi connectivity index (χ2n) is 9.42. The summed E-state index contributed by atoms with van der Waals surface area (Å²) in [6.07, 6.45) is 2.71. The average Bonchev–Trinajstić information content (AvgIpc) is 2.95. The van der Waals surface area contributed by atoms with Crippen molar-refractivity contribution in [2.24, 2.45) is 16.7 Å². The summed E-state index contributed by atoms with van der Waals surface area (Å²) >= 11 is 1.55. The Labute approximate surface area is 176 Å². The molecule has 1 heterocycles. The van der Waals surface area contributed by atoms with E-state index in [1.807, 2.05) is 6.07 Å². The SMILES string of the molecule is COC(=O)c1c(NC(=O)C2C(C)(C)C2(C)C)sc2c1CCC(c1ccccc1)C2. The van der Waals surface area contributed by atoms with Gasteiger partial charge in [0.2, 0.25) is 5.91 Å². The number of carbonyl (C=O) groups excluding carboxylic acids is 2. The zero-order valence-electron chi connectivity index (χ0n) is 17.8. The summed E-state index contributed by atoms with van der Waals surface area (Å²) in [6.45, 7) is 8.51. The number of benzene rings is 1. The smallest absolute Gasteiger partial charge is 0.341 e. The fourth-order valence-electron chi connectivity index (χ4n) is 5.04. The van der Waals surface area contributed by atoms with Crippen molar-refractivity contribution in [1.29, 1.82) is 0 Å². The van der Waals surface area contributed by atoms with E-state index in [-0.39, 0.29) is 28.6 Å². The van der Waals surface area contributed by atoms with Crippen LogP contribution in [-0.4, -0.2) is 19.0 Å². The standard InChI is InChI=1S/C24H29NO3S/c1-23(2)19(24(23,3)4)20(26)25-21-18(22(27)28-5)16-12-11-15(13-17(16)29-21)14-9-7-6-8-10-14/h6-10,15,19H,11-13H2,1-5H3,(H,25,26). The molecule has 0 saturated heterocycles. The van der Waals surface area contributed by atoms with Crippen molar-refractivity contribution >= 4 is 28.2 Å². The average molecular weight is 412 g/mol. The van der Waals surface area contributed by atoms with Crippen molar-refractivity contribution in [3.63, 3.8) is 0 Å². The van der Waals surface area contributed by atoms with Crippen molar-refractivity contribution in [2.45, 2.75) is 52.9 Å². The van der Waals surface area contributed by atoms with Crippen LogP contribution in [0, 0.1) is 16.7 Å². The molecule has 0 radical (unpaired) electrons. The van der Waals surface area contributed by atoms with Gasteiger partial charge in [0.15, 0.2) is 0 Å². The first-order valence-electron chi connectivity index (χ1n) is 10.3. The molecule has 5 heteroatoms. The fourth-order valence-corrected chi connectivity index (χ4v) is 6.36. The second-order valence-corrected chi connectivity index (χ2v) is 10.5. The third kappa shape index (κ3) is 3.20. The third-order valence-electron chi connectivity index (χ3n) is 7.45. The number of rotatable bonds is 4. The van der Waals surface area contributed by atoms with E-state index in [1.54, 1.807) is 11.3 Å². The van der Waals surface area contributed by atoms with E-state index >= 15 is 0 Å². The predicted octanol–water partition coefficient (Wildman–Crippen LogP) is 5.43. The zero-order valence-corrected chi connectivity index (χ0v) is 18.6. The molecule has 0 bridgehead atoms. The van der Waals surface area contributed by atoms with Crippen LogP contribution < -0.4 is 5.32 Å². The normalized spacial score (nSPS) is 21.9. The molecule has 1 atom stereocenters. The highest BCUT2D eigenvalue weighted by molar-refractivity contribution is 7.17. The Kier molecular flexibility index (Phi) is 4.85. The molecule has 1 saturated carbocycles. The quantitative estimate of drug-likeness (QED) is 0.683. The summed E-state index contributed by atoms with van der Waals surface area (Å²) in [5.74, 6) is 0.0306. The number of hydrogen-bond donors (Lipinski definition) is 1. The number of esters is 1. The first-order valence-corrected chi connectivity index (χ1v) is 11.1. The summed E-state index contributed by atoms with van der Waals surface area (Å²) in [5.41, 5.74) is 2.86. The van der Waals surface area contributed by atoms with Gasteiger partial charge in [-0.2, -0.15) is 0 Å². The van der Waals surface area contributed by atoms with Crippen LogP contribution >= 0.6 is 11.3 Å². The number of fused-ring (bicyclic) bond motifs is 1. The molecule has 29 heavy (non-hydrogen) atoms. The van der Waals surface area contributed by atoms with Gasteiger partial charge in [-0.15, -0.1) is 11.3 Å². The number of anilines is 1. The molecular weight excluding hydrogens is 382 g/mol. The largest absolute Gasteiger partial charge is 0.465 e. The molecular formula is C24H29NO3S. The maximum absolute atomic E-state index is 13.0. The highest BCUT2D eigenvalue weighted by atomic mass is 32.1. The number of amides is 1. The highest BCUT2D eigenvalue weighted by Gasteiger charge is 2.68. The molecule has 1 aromatic carbocycles. The Morgan fingerprint density at radius 1 is 1.10 bits per heavy atom. The van der Waals surface area contributed by atoms with Crippen LogP contribution in [0.15, 0.2) is 30.3 Å². The van der Waals surface area contributed by atoms with Crippen LogP contribution in [0.4, 0.5) is 5.00 Å². The number of carbonyl (C=O) groups is 2. The van der Waals surface area contributed by atoms with Gasteiger partial charge < -0.3 is 10.1 Å². The number of methoxy groups -OCH3 is 1. The lowest BCUT2D eigenvalue weighted by atomic mass is 9.83. The van der Waals surface area contributed by atoms with Gasteiger partial charge in [-0.1, -0.05) is 58.0 Å². The molecule has 154 valence electrons. The van der Waals surface area contributed by atoms with Crippen LogP contribution in [-0.2, 0) is 22.4 Å². The van der Waals surface area contributed by atoms with Gasteiger partial charge in [-0.05, 0) is 47.1 Å². The van der Waals surface area contributed by atoms with Crippen molar-refractivity contribution < 1.29 is 14.3 Å². The topological polar surface area (TPSA) is 55.4 Å². The lowest BCUT2D eigenvalue weighted by Gasteiger charge is -2.22.